The molecule has 1 N–H and O–H groups in total. The maximum Gasteiger partial charge on any atom is 0.134 e. The van der Waals surface area contributed by atoms with Gasteiger partial charge in [0, 0.05) is 11.6 Å². The van der Waals surface area contributed by atoms with Crippen LogP contribution in [0.2, 0.25) is 0 Å². The summed E-state index contributed by atoms with van der Waals surface area (Å²) in [5, 5.41) is 18.2. The van der Waals surface area contributed by atoms with Gasteiger partial charge in [0.25, 0.3) is 0 Å². The predicted octanol–water partition coefficient (Wildman–Crippen LogP) is 3.08. The van der Waals surface area contributed by atoms with E-state index in [-0.39, 0.29) is 11.3 Å². The SMILES string of the molecule is COc1ccc(-c2ccc(O)c(C#N)c2)c(F)c1. The fraction of sp³-hybridized carbons (Fsp3) is 0.0714. The van der Waals surface area contributed by atoms with E-state index in [0.717, 1.165) is 0 Å². The lowest BCUT2D eigenvalue weighted by Gasteiger charge is -2.07. The van der Waals surface area contributed by atoms with Crippen molar-refractivity contribution in [2.24, 2.45) is 0 Å². The number of nitriles is 1. The van der Waals surface area contributed by atoms with E-state index < -0.39 is 5.82 Å². The summed E-state index contributed by atoms with van der Waals surface area (Å²) < 4.78 is 18.8. The van der Waals surface area contributed by atoms with Crippen molar-refractivity contribution in [1.29, 1.82) is 5.26 Å². The lowest BCUT2D eigenvalue weighted by molar-refractivity contribution is 0.411. The number of hydrogen-bond donors (Lipinski definition) is 1. The van der Waals surface area contributed by atoms with Gasteiger partial charge in [-0.3, -0.25) is 0 Å². The molecule has 18 heavy (non-hydrogen) atoms. The number of benzene rings is 2. The highest BCUT2D eigenvalue weighted by atomic mass is 19.1. The molecule has 2 rings (SSSR count). The van der Waals surface area contributed by atoms with Crippen LogP contribution in [0.15, 0.2) is 36.4 Å². The molecule has 4 heteroatoms. The number of halogens is 1. The summed E-state index contributed by atoms with van der Waals surface area (Å²) in [6.07, 6.45) is 0. The van der Waals surface area contributed by atoms with Gasteiger partial charge >= 0.3 is 0 Å². The fourth-order valence-corrected chi connectivity index (χ4v) is 1.65. The minimum Gasteiger partial charge on any atom is -0.507 e. The summed E-state index contributed by atoms with van der Waals surface area (Å²) in [7, 11) is 1.46. The average Bonchev–Trinajstić information content (AvgIpc) is 2.39. The van der Waals surface area contributed by atoms with Gasteiger partial charge in [0.2, 0.25) is 0 Å². The lowest BCUT2D eigenvalue weighted by atomic mass is 10.0. The highest BCUT2D eigenvalue weighted by Gasteiger charge is 2.09. The molecule has 0 saturated heterocycles. The molecule has 0 saturated carbocycles. The fourth-order valence-electron chi connectivity index (χ4n) is 1.65. The Kier molecular flexibility index (Phi) is 3.16. The Balaban J connectivity index is 2.52. The second-order valence-corrected chi connectivity index (χ2v) is 3.69. The zero-order valence-electron chi connectivity index (χ0n) is 9.64. The standard InChI is InChI=1S/C14H10FNO2/c1-18-11-3-4-12(13(15)7-11)9-2-5-14(17)10(6-9)8-16/h2-7,17H,1H3. The van der Waals surface area contributed by atoms with Crippen LogP contribution in [0.1, 0.15) is 5.56 Å². The Morgan fingerprint density at radius 2 is 2.00 bits per heavy atom. The van der Waals surface area contributed by atoms with Crippen molar-refractivity contribution in [1.82, 2.24) is 0 Å². The monoisotopic (exact) mass is 243 g/mol. The quantitative estimate of drug-likeness (QED) is 0.881. The van der Waals surface area contributed by atoms with Gasteiger partial charge in [0.15, 0.2) is 0 Å². The van der Waals surface area contributed by atoms with E-state index in [4.69, 9.17) is 10.00 Å². The largest absolute Gasteiger partial charge is 0.507 e. The van der Waals surface area contributed by atoms with Gasteiger partial charge in [-0.1, -0.05) is 6.07 Å². The topological polar surface area (TPSA) is 53.2 Å². The molecule has 0 radical (unpaired) electrons. The summed E-state index contributed by atoms with van der Waals surface area (Å²) in [5.41, 5.74) is 1.000. The van der Waals surface area contributed by atoms with Crippen LogP contribution in [0.4, 0.5) is 4.39 Å². The first-order chi connectivity index (χ1) is 8.65. The van der Waals surface area contributed by atoms with Crippen LogP contribution in [-0.2, 0) is 0 Å². The number of ether oxygens (including phenoxy) is 1. The average molecular weight is 243 g/mol. The Hall–Kier alpha value is -2.54. The summed E-state index contributed by atoms with van der Waals surface area (Å²) in [5.74, 6) is -0.130. The van der Waals surface area contributed by atoms with E-state index in [0.29, 0.717) is 16.9 Å². The van der Waals surface area contributed by atoms with Crippen LogP contribution in [0, 0.1) is 17.1 Å². The second-order valence-electron chi connectivity index (χ2n) is 3.69. The summed E-state index contributed by atoms with van der Waals surface area (Å²) in [4.78, 5) is 0. The maximum atomic E-state index is 13.8. The zero-order chi connectivity index (χ0) is 13.1. The van der Waals surface area contributed by atoms with Gasteiger partial charge in [-0.05, 0) is 29.8 Å². The van der Waals surface area contributed by atoms with Gasteiger partial charge in [0.05, 0.1) is 12.7 Å². The van der Waals surface area contributed by atoms with Crippen molar-refractivity contribution in [3.63, 3.8) is 0 Å². The molecule has 0 spiro atoms. The van der Waals surface area contributed by atoms with Crippen molar-refractivity contribution in [2.75, 3.05) is 7.11 Å². The molecule has 0 aliphatic rings. The molecule has 0 aliphatic heterocycles. The van der Waals surface area contributed by atoms with E-state index in [1.54, 1.807) is 18.2 Å². The number of nitrogens with zero attached hydrogens (tertiary/aromatic N) is 1. The van der Waals surface area contributed by atoms with Crippen molar-refractivity contribution in [3.8, 4) is 28.7 Å². The van der Waals surface area contributed by atoms with Crippen LogP contribution < -0.4 is 4.74 Å². The number of rotatable bonds is 2. The van der Waals surface area contributed by atoms with Gasteiger partial charge in [-0.15, -0.1) is 0 Å². The minimum absolute atomic E-state index is 0.114. The van der Waals surface area contributed by atoms with Crippen LogP contribution in [0.3, 0.4) is 0 Å². The van der Waals surface area contributed by atoms with E-state index >= 15 is 0 Å². The Morgan fingerprint density at radius 1 is 1.22 bits per heavy atom. The van der Waals surface area contributed by atoms with Gasteiger partial charge < -0.3 is 9.84 Å². The van der Waals surface area contributed by atoms with Crippen LogP contribution >= 0.6 is 0 Å². The molecule has 0 aliphatic carbocycles. The summed E-state index contributed by atoms with van der Waals surface area (Å²) >= 11 is 0. The maximum absolute atomic E-state index is 13.8. The number of phenols is 1. The van der Waals surface area contributed by atoms with Crippen molar-refractivity contribution in [3.05, 3.63) is 47.8 Å². The van der Waals surface area contributed by atoms with Gasteiger partial charge in [0.1, 0.15) is 23.4 Å². The van der Waals surface area contributed by atoms with E-state index in [1.807, 2.05) is 6.07 Å². The molecule has 90 valence electrons. The van der Waals surface area contributed by atoms with Crippen molar-refractivity contribution >= 4 is 0 Å². The minimum atomic E-state index is -0.441. The van der Waals surface area contributed by atoms with E-state index in [9.17, 15) is 9.50 Å². The van der Waals surface area contributed by atoms with E-state index in [2.05, 4.69) is 0 Å². The first-order valence-electron chi connectivity index (χ1n) is 5.22. The van der Waals surface area contributed by atoms with Crippen molar-refractivity contribution in [2.45, 2.75) is 0 Å². The Bertz CT molecular complexity index is 632. The molecule has 0 amide bonds. The number of hydrogen-bond acceptors (Lipinski definition) is 3. The third-order valence-electron chi connectivity index (χ3n) is 2.60. The third kappa shape index (κ3) is 2.11. The van der Waals surface area contributed by atoms with Crippen LogP contribution in [0.25, 0.3) is 11.1 Å². The number of aromatic hydroxyl groups is 1. The van der Waals surface area contributed by atoms with Crippen LogP contribution in [-0.4, -0.2) is 12.2 Å². The predicted molar refractivity (Wildman–Crippen MR) is 64.8 cm³/mol. The Labute approximate surface area is 104 Å². The molecular weight excluding hydrogens is 233 g/mol. The van der Waals surface area contributed by atoms with Crippen LogP contribution in [0.5, 0.6) is 11.5 Å². The highest BCUT2D eigenvalue weighted by molar-refractivity contribution is 5.68. The lowest BCUT2D eigenvalue weighted by Crippen LogP contribution is -1.89. The normalized spacial score (nSPS) is 9.83. The summed E-state index contributed by atoms with van der Waals surface area (Å²) in [6.45, 7) is 0. The smallest absolute Gasteiger partial charge is 0.134 e. The molecular formula is C14H10FNO2. The third-order valence-corrected chi connectivity index (χ3v) is 2.60. The first kappa shape index (κ1) is 11.9. The molecule has 0 fully saturated rings. The van der Waals surface area contributed by atoms with Gasteiger partial charge in [-0.2, -0.15) is 5.26 Å². The molecule has 2 aromatic carbocycles. The number of methoxy groups -OCH3 is 1. The zero-order valence-corrected chi connectivity index (χ0v) is 9.64. The summed E-state index contributed by atoms with van der Waals surface area (Å²) in [6, 6.07) is 10.7. The van der Waals surface area contributed by atoms with E-state index in [1.165, 1.54) is 25.3 Å². The molecule has 2 aromatic rings. The molecule has 0 unspecified atom stereocenters. The van der Waals surface area contributed by atoms with Crippen molar-refractivity contribution < 1.29 is 14.2 Å². The number of phenolic OH excluding ortho intramolecular Hbond substituents is 1. The molecule has 3 nitrogen and oxygen atoms in total. The molecule has 0 heterocycles. The highest BCUT2D eigenvalue weighted by Crippen LogP contribution is 2.29. The second kappa shape index (κ2) is 4.76. The molecule has 0 aromatic heterocycles. The molecule has 0 atom stereocenters. The Morgan fingerprint density at radius 3 is 2.61 bits per heavy atom. The van der Waals surface area contributed by atoms with Gasteiger partial charge in [-0.25, -0.2) is 4.39 Å². The first-order valence-corrected chi connectivity index (χ1v) is 5.22. The molecule has 0 bridgehead atoms.